The standard InChI is InChI=1S/C13H14ClNO2/c1-8-6-11(4-5-13(8)14)16-7-12-9(2)15-17-10(12)3/h4-6H,7H2,1-3H3. The van der Waals surface area contributed by atoms with E-state index in [4.69, 9.17) is 20.9 Å². The summed E-state index contributed by atoms with van der Waals surface area (Å²) in [5, 5.41) is 4.63. The molecule has 1 aromatic heterocycles. The number of hydrogen-bond acceptors (Lipinski definition) is 3. The van der Waals surface area contributed by atoms with E-state index in [1.54, 1.807) is 0 Å². The normalized spacial score (nSPS) is 10.6. The van der Waals surface area contributed by atoms with Gasteiger partial charge in [-0.3, -0.25) is 0 Å². The fourth-order valence-electron chi connectivity index (χ4n) is 1.57. The van der Waals surface area contributed by atoms with Crippen LogP contribution in [-0.2, 0) is 6.61 Å². The first kappa shape index (κ1) is 12.0. The highest BCUT2D eigenvalue weighted by atomic mass is 35.5. The quantitative estimate of drug-likeness (QED) is 0.832. The number of benzene rings is 1. The Balaban J connectivity index is 2.10. The van der Waals surface area contributed by atoms with Gasteiger partial charge in [-0.25, -0.2) is 0 Å². The van der Waals surface area contributed by atoms with Crippen LogP contribution in [-0.4, -0.2) is 5.16 Å². The molecule has 0 spiro atoms. The summed E-state index contributed by atoms with van der Waals surface area (Å²) in [7, 11) is 0. The van der Waals surface area contributed by atoms with E-state index in [9.17, 15) is 0 Å². The predicted molar refractivity (Wildman–Crippen MR) is 66.5 cm³/mol. The minimum Gasteiger partial charge on any atom is -0.489 e. The highest BCUT2D eigenvalue weighted by Crippen LogP contribution is 2.22. The van der Waals surface area contributed by atoms with Crippen molar-refractivity contribution in [3.05, 3.63) is 45.8 Å². The van der Waals surface area contributed by atoms with E-state index in [1.807, 2.05) is 39.0 Å². The van der Waals surface area contributed by atoms with Crippen LogP contribution in [0.1, 0.15) is 22.6 Å². The van der Waals surface area contributed by atoms with Crippen LogP contribution in [0.3, 0.4) is 0 Å². The first-order valence-electron chi connectivity index (χ1n) is 5.38. The molecule has 0 bridgehead atoms. The Kier molecular flexibility index (Phi) is 3.38. The number of halogens is 1. The topological polar surface area (TPSA) is 35.3 Å². The second-order valence-corrected chi connectivity index (χ2v) is 4.41. The Morgan fingerprint density at radius 3 is 2.65 bits per heavy atom. The average molecular weight is 252 g/mol. The lowest BCUT2D eigenvalue weighted by atomic mass is 10.2. The fraction of sp³-hybridized carbons (Fsp3) is 0.308. The Hall–Kier alpha value is -1.48. The molecule has 2 rings (SSSR count). The summed E-state index contributed by atoms with van der Waals surface area (Å²) >= 11 is 5.95. The Morgan fingerprint density at radius 2 is 2.06 bits per heavy atom. The molecule has 17 heavy (non-hydrogen) atoms. The monoisotopic (exact) mass is 251 g/mol. The summed E-state index contributed by atoms with van der Waals surface area (Å²) in [6.45, 7) is 6.20. The zero-order chi connectivity index (χ0) is 12.4. The largest absolute Gasteiger partial charge is 0.489 e. The zero-order valence-corrected chi connectivity index (χ0v) is 10.8. The van der Waals surface area contributed by atoms with E-state index < -0.39 is 0 Å². The first-order valence-corrected chi connectivity index (χ1v) is 5.76. The molecule has 1 heterocycles. The van der Waals surface area contributed by atoms with Gasteiger partial charge in [0.2, 0.25) is 0 Å². The molecule has 0 saturated heterocycles. The highest BCUT2D eigenvalue weighted by Gasteiger charge is 2.09. The van der Waals surface area contributed by atoms with Gasteiger partial charge < -0.3 is 9.26 Å². The molecule has 2 aromatic rings. The minimum absolute atomic E-state index is 0.461. The van der Waals surface area contributed by atoms with Crippen molar-refractivity contribution in [2.75, 3.05) is 0 Å². The van der Waals surface area contributed by atoms with Gasteiger partial charge in [-0.05, 0) is 44.5 Å². The summed E-state index contributed by atoms with van der Waals surface area (Å²) in [4.78, 5) is 0. The number of ether oxygens (including phenoxy) is 1. The van der Waals surface area contributed by atoms with Crippen LogP contribution in [0.15, 0.2) is 22.7 Å². The van der Waals surface area contributed by atoms with Gasteiger partial charge in [0.15, 0.2) is 0 Å². The summed E-state index contributed by atoms with van der Waals surface area (Å²) in [5.41, 5.74) is 2.87. The first-order chi connectivity index (χ1) is 8.08. The van der Waals surface area contributed by atoms with Gasteiger partial charge in [0.25, 0.3) is 0 Å². The second-order valence-electron chi connectivity index (χ2n) is 4.00. The predicted octanol–water partition coefficient (Wildman–Crippen LogP) is 3.83. The van der Waals surface area contributed by atoms with Gasteiger partial charge in [0.05, 0.1) is 11.3 Å². The second kappa shape index (κ2) is 4.80. The average Bonchev–Trinajstić information content (AvgIpc) is 2.61. The molecule has 1 aromatic carbocycles. The van der Waals surface area contributed by atoms with Crippen molar-refractivity contribution in [3.63, 3.8) is 0 Å². The van der Waals surface area contributed by atoms with Crippen LogP contribution in [0.5, 0.6) is 5.75 Å². The maximum atomic E-state index is 5.95. The van der Waals surface area contributed by atoms with E-state index in [-0.39, 0.29) is 0 Å². The van der Waals surface area contributed by atoms with E-state index in [1.165, 1.54) is 0 Å². The Bertz CT molecular complexity index is 515. The lowest BCUT2D eigenvalue weighted by Crippen LogP contribution is -1.98. The lowest BCUT2D eigenvalue weighted by Gasteiger charge is -2.07. The smallest absolute Gasteiger partial charge is 0.140 e. The Morgan fingerprint density at radius 1 is 1.29 bits per heavy atom. The van der Waals surface area contributed by atoms with Crippen molar-refractivity contribution in [3.8, 4) is 5.75 Å². The van der Waals surface area contributed by atoms with Crippen LogP contribution >= 0.6 is 11.6 Å². The van der Waals surface area contributed by atoms with Crippen LogP contribution in [0.25, 0.3) is 0 Å². The number of rotatable bonds is 3. The SMILES string of the molecule is Cc1cc(OCc2c(C)noc2C)ccc1Cl. The van der Waals surface area contributed by atoms with Gasteiger partial charge in [0, 0.05) is 5.02 Å². The molecule has 0 radical (unpaired) electrons. The van der Waals surface area contributed by atoms with Gasteiger partial charge in [-0.2, -0.15) is 0 Å². The maximum Gasteiger partial charge on any atom is 0.140 e. The zero-order valence-electron chi connectivity index (χ0n) is 10.1. The molecular formula is C13H14ClNO2. The van der Waals surface area contributed by atoms with Crippen LogP contribution in [0.4, 0.5) is 0 Å². The third kappa shape index (κ3) is 2.61. The summed E-state index contributed by atoms with van der Waals surface area (Å²) < 4.78 is 10.8. The third-order valence-electron chi connectivity index (χ3n) is 2.69. The van der Waals surface area contributed by atoms with Crippen molar-refractivity contribution >= 4 is 11.6 Å². The molecule has 3 nitrogen and oxygen atoms in total. The fourth-order valence-corrected chi connectivity index (χ4v) is 1.69. The van der Waals surface area contributed by atoms with E-state index in [2.05, 4.69) is 5.16 Å². The summed E-state index contributed by atoms with van der Waals surface area (Å²) in [6, 6.07) is 5.60. The van der Waals surface area contributed by atoms with Crippen molar-refractivity contribution < 1.29 is 9.26 Å². The molecule has 90 valence electrons. The molecule has 0 fully saturated rings. The van der Waals surface area contributed by atoms with Crippen LogP contribution in [0, 0.1) is 20.8 Å². The molecule has 0 amide bonds. The summed E-state index contributed by atoms with van der Waals surface area (Å²) in [6.07, 6.45) is 0. The molecule has 0 atom stereocenters. The van der Waals surface area contributed by atoms with Gasteiger partial charge in [-0.15, -0.1) is 0 Å². The number of nitrogens with zero attached hydrogens (tertiary/aromatic N) is 1. The molecule has 0 N–H and O–H groups in total. The number of hydrogen-bond donors (Lipinski definition) is 0. The van der Waals surface area contributed by atoms with E-state index in [0.717, 1.165) is 33.4 Å². The third-order valence-corrected chi connectivity index (χ3v) is 3.12. The molecular weight excluding hydrogens is 238 g/mol. The number of aryl methyl sites for hydroxylation is 3. The van der Waals surface area contributed by atoms with Crippen molar-refractivity contribution in [2.24, 2.45) is 0 Å². The molecule has 0 aliphatic carbocycles. The summed E-state index contributed by atoms with van der Waals surface area (Å²) in [5.74, 6) is 1.60. The molecule has 4 heteroatoms. The molecule has 0 aliphatic rings. The molecule has 0 saturated carbocycles. The van der Waals surface area contributed by atoms with Crippen LogP contribution in [0.2, 0.25) is 5.02 Å². The number of aromatic nitrogens is 1. The van der Waals surface area contributed by atoms with Gasteiger partial charge >= 0.3 is 0 Å². The Labute approximate surface area is 105 Å². The van der Waals surface area contributed by atoms with Crippen molar-refractivity contribution in [1.29, 1.82) is 0 Å². The maximum absolute atomic E-state index is 5.95. The molecule has 0 unspecified atom stereocenters. The van der Waals surface area contributed by atoms with Crippen LogP contribution < -0.4 is 4.74 Å². The minimum atomic E-state index is 0.461. The lowest BCUT2D eigenvalue weighted by molar-refractivity contribution is 0.301. The van der Waals surface area contributed by atoms with Gasteiger partial charge in [-0.1, -0.05) is 16.8 Å². The van der Waals surface area contributed by atoms with E-state index >= 15 is 0 Å². The van der Waals surface area contributed by atoms with Crippen molar-refractivity contribution in [1.82, 2.24) is 5.16 Å². The van der Waals surface area contributed by atoms with Crippen molar-refractivity contribution in [2.45, 2.75) is 27.4 Å². The highest BCUT2D eigenvalue weighted by molar-refractivity contribution is 6.31. The molecule has 0 aliphatic heterocycles. The van der Waals surface area contributed by atoms with Gasteiger partial charge in [0.1, 0.15) is 18.1 Å². The van der Waals surface area contributed by atoms with E-state index in [0.29, 0.717) is 6.61 Å².